The van der Waals surface area contributed by atoms with Gasteiger partial charge in [-0.25, -0.2) is 0 Å². The van der Waals surface area contributed by atoms with Crippen LogP contribution in [0.15, 0.2) is 36.4 Å². The Morgan fingerprint density at radius 1 is 1.18 bits per heavy atom. The first kappa shape index (κ1) is 14.8. The first-order chi connectivity index (χ1) is 10.7. The zero-order valence-corrected chi connectivity index (χ0v) is 13.0. The Labute approximate surface area is 130 Å². The average molecular weight is 298 g/mol. The number of benzene rings is 1. The lowest BCUT2D eigenvalue weighted by molar-refractivity contribution is 0.0632. The number of nitrogens with zero attached hydrogens (tertiary/aromatic N) is 3. The van der Waals surface area contributed by atoms with E-state index in [4.69, 9.17) is 0 Å². The molecule has 2 heterocycles. The number of aromatic nitrogens is 2. The minimum absolute atomic E-state index is 0.0343. The van der Waals surface area contributed by atoms with E-state index in [1.807, 2.05) is 24.0 Å². The third-order valence-electron chi connectivity index (χ3n) is 4.14. The molecule has 0 bridgehead atoms. The molecule has 1 aliphatic rings. The molecule has 0 spiro atoms. The van der Waals surface area contributed by atoms with Gasteiger partial charge in [0.25, 0.3) is 5.91 Å². The number of piperazine rings is 1. The van der Waals surface area contributed by atoms with Crippen LogP contribution in [0, 0.1) is 6.92 Å². The molecule has 116 valence electrons. The maximum atomic E-state index is 12.3. The number of nitrogens with one attached hydrogen (secondary N) is 1. The Morgan fingerprint density at radius 3 is 2.55 bits per heavy atom. The fraction of sp³-hybridized carbons (Fsp3) is 0.412. The van der Waals surface area contributed by atoms with Gasteiger partial charge >= 0.3 is 0 Å². The highest BCUT2D eigenvalue weighted by molar-refractivity contribution is 5.92. The molecule has 1 saturated heterocycles. The molecule has 0 aliphatic carbocycles. The smallest absolute Gasteiger partial charge is 0.274 e. The molecule has 0 unspecified atom stereocenters. The van der Waals surface area contributed by atoms with Gasteiger partial charge in [0.1, 0.15) is 5.69 Å². The molecule has 5 nitrogen and oxygen atoms in total. The Balaban J connectivity index is 1.47. The predicted octanol–water partition coefficient (Wildman–Crippen LogP) is 1.72. The van der Waals surface area contributed by atoms with E-state index in [-0.39, 0.29) is 5.91 Å². The lowest BCUT2D eigenvalue weighted by Gasteiger charge is -2.34. The van der Waals surface area contributed by atoms with Crippen LogP contribution in [0.1, 0.15) is 21.7 Å². The Morgan fingerprint density at radius 2 is 1.91 bits per heavy atom. The van der Waals surface area contributed by atoms with E-state index in [9.17, 15) is 4.79 Å². The molecule has 0 radical (unpaired) electrons. The number of aromatic amines is 1. The van der Waals surface area contributed by atoms with E-state index in [0.717, 1.165) is 44.8 Å². The number of amides is 1. The SMILES string of the molecule is Cc1cc(C(=O)N2CCN(CCc3ccccc3)CC2)n[nH]1. The number of hydrogen-bond donors (Lipinski definition) is 1. The van der Waals surface area contributed by atoms with Crippen LogP contribution < -0.4 is 0 Å². The van der Waals surface area contributed by atoms with Crippen molar-refractivity contribution in [3.8, 4) is 0 Å². The second kappa shape index (κ2) is 6.75. The number of aryl methyl sites for hydroxylation is 1. The van der Waals surface area contributed by atoms with E-state index in [1.54, 1.807) is 0 Å². The van der Waals surface area contributed by atoms with Gasteiger partial charge in [0.15, 0.2) is 0 Å². The van der Waals surface area contributed by atoms with Gasteiger partial charge in [0, 0.05) is 38.4 Å². The largest absolute Gasteiger partial charge is 0.335 e. The van der Waals surface area contributed by atoms with Crippen molar-refractivity contribution in [2.24, 2.45) is 0 Å². The Bertz CT molecular complexity index is 615. The van der Waals surface area contributed by atoms with E-state index in [2.05, 4.69) is 39.4 Å². The topological polar surface area (TPSA) is 52.2 Å². The van der Waals surface area contributed by atoms with Crippen LogP contribution in [0.3, 0.4) is 0 Å². The number of hydrogen-bond acceptors (Lipinski definition) is 3. The molecule has 0 atom stereocenters. The van der Waals surface area contributed by atoms with Crippen molar-refractivity contribution in [2.75, 3.05) is 32.7 Å². The summed E-state index contributed by atoms with van der Waals surface area (Å²) in [6, 6.07) is 12.4. The minimum atomic E-state index is 0.0343. The highest BCUT2D eigenvalue weighted by Crippen LogP contribution is 2.09. The van der Waals surface area contributed by atoms with Crippen LogP contribution in [-0.4, -0.2) is 58.6 Å². The molecular formula is C17H22N4O. The van der Waals surface area contributed by atoms with Crippen molar-refractivity contribution < 1.29 is 4.79 Å². The quantitative estimate of drug-likeness (QED) is 0.935. The highest BCUT2D eigenvalue weighted by Gasteiger charge is 2.23. The Hall–Kier alpha value is -2.14. The monoisotopic (exact) mass is 298 g/mol. The number of carbonyl (C=O) groups excluding carboxylic acids is 1. The van der Waals surface area contributed by atoms with Crippen molar-refractivity contribution in [3.63, 3.8) is 0 Å². The fourth-order valence-electron chi connectivity index (χ4n) is 2.80. The summed E-state index contributed by atoms with van der Waals surface area (Å²) < 4.78 is 0. The second-order valence-corrected chi connectivity index (χ2v) is 5.81. The van der Waals surface area contributed by atoms with Crippen LogP contribution in [-0.2, 0) is 6.42 Å². The van der Waals surface area contributed by atoms with Gasteiger partial charge in [-0.15, -0.1) is 0 Å². The molecule has 1 aliphatic heterocycles. The molecule has 2 aromatic rings. The van der Waals surface area contributed by atoms with Crippen LogP contribution in [0.4, 0.5) is 0 Å². The predicted molar refractivity (Wildman–Crippen MR) is 85.8 cm³/mol. The normalized spacial score (nSPS) is 16.0. The van der Waals surface area contributed by atoms with Crippen LogP contribution in [0.25, 0.3) is 0 Å². The summed E-state index contributed by atoms with van der Waals surface area (Å²) in [4.78, 5) is 16.6. The summed E-state index contributed by atoms with van der Waals surface area (Å²) in [7, 11) is 0. The van der Waals surface area contributed by atoms with E-state index in [0.29, 0.717) is 5.69 Å². The summed E-state index contributed by atoms with van der Waals surface area (Å²) in [6.07, 6.45) is 1.06. The summed E-state index contributed by atoms with van der Waals surface area (Å²) in [5.41, 5.74) is 2.81. The zero-order chi connectivity index (χ0) is 15.4. The third-order valence-corrected chi connectivity index (χ3v) is 4.14. The van der Waals surface area contributed by atoms with E-state index < -0.39 is 0 Å². The van der Waals surface area contributed by atoms with Crippen molar-refractivity contribution in [1.29, 1.82) is 0 Å². The summed E-state index contributed by atoms with van der Waals surface area (Å²) in [5.74, 6) is 0.0343. The average Bonchev–Trinajstić information content (AvgIpc) is 3.00. The van der Waals surface area contributed by atoms with Crippen LogP contribution in [0.5, 0.6) is 0 Å². The molecular weight excluding hydrogens is 276 g/mol. The van der Waals surface area contributed by atoms with E-state index in [1.165, 1.54) is 5.56 Å². The summed E-state index contributed by atoms with van der Waals surface area (Å²) >= 11 is 0. The van der Waals surface area contributed by atoms with Gasteiger partial charge in [-0.05, 0) is 25.0 Å². The standard InChI is InChI=1S/C17H22N4O/c1-14-13-16(19-18-14)17(22)21-11-9-20(10-12-21)8-7-15-5-3-2-4-6-15/h2-6,13H,7-12H2,1H3,(H,18,19). The molecule has 1 fully saturated rings. The van der Waals surface area contributed by atoms with E-state index >= 15 is 0 Å². The first-order valence-electron chi connectivity index (χ1n) is 7.80. The van der Waals surface area contributed by atoms with Crippen molar-refractivity contribution in [1.82, 2.24) is 20.0 Å². The van der Waals surface area contributed by atoms with Gasteiger partial charge in [-0.1, -0.05) is 30.3 Å². The lowest BCUT2D eigenvalue weighted by atomic mass is 10.1. The maximum absolute atomic E-state index is 12.3. The molecule has 3 rings (SSSR count). The van der Waals surface area contributed by atoms with Crippen molar-refractivity contribution in [2.45, 2.75) is 13.3 Å². The van der Waals surface area contributed by atoms with Crippen molar-refractivity contribution in [3.05, 3.63) is 53.3 Å². The van der Waals surface area contributed by atoms with Gasteiger partial charge in [-0.2, -0.15) is 5.10 Å². The molecule has 5 heteroatoms. The van der Waals surface area contributed by atoms with Gasteiger partial charge in [-0.3, -0.25) is 14.8 Å². The minimum Gasteiger partial charge on any atom is -0.335 e. The van der Waals surface area contributed by atoms with Crippen molar-refractivity contribution >= 4 is 5.91 Å². The lowest BCUT2D eigenvalue weighted by Crippen LogP contribution is -2.49. The molecule has 22 heavy (non-hydrogen) atoms. The third kappa shape index (κ3) is 3.54. The van der Waals surface area contributed by atoms with Gasteiger partial charge in [0.05, 0.1) is 0 Å². The van der Waals surface area contributed by atoms with Crippen LogP contribution in [0.2, 0.25) is 0 Å². The summed E-state index contributed by atoms with van der Waals surface area (Å²) in [6.45, 7) is 6.38. The highest BCUT2D eigenvalue weighted by atomic mass is 16.2. The molecule has 1 aromatic heterocycles. The van der Waals surface area contributed by atoms with Gasteiger partial charge in [0.2, 0.25) is 0 Å². The summed E-state index contributed by atoms with van der Waals surface area (Å²) in [5, 5.41) is 6.88. The van der Waals surface area contributed by atoms with Crippen LogP contribution >= 0.6 is 0 Å². The second-order valence-electron chi connectivity index (χ2n) is 5.81. The Kier molecular flexibility index (Phi) is 4.53. The number of H-pyrrole nitrogens is 1. The molecule has 1 N–H and O–H groups in total. The molecule has 1 aromatic carbocycles. The number of carbonyl (C=O) groups is 1. The number of rotatable bonds is 4. The first-order valence-corrected chi connectivity index (χ1v) is 7.80. The van der Waals surface area contributed by atoms with Gasteiger partial charge < -0.3 is 4.90 Å². The maximum Gasteiger partial charge on any atom is 0.274 e. The fourth-order valence-corrected chi connectivity index (χ4v) is 2.80. The molecule has 1 amide bonds. The zero-order valence-electron chi connectivity index (χ0n) is 13.0. The molecule has 0 saturated carbocycles.